The van der Waals surface area contributed by atoms with E-state index < -0.39 is 0 Å². The third-order valence-electron chi connectivity index (χ3n) is 7.08. The highest BCUT2D eigenvalue weighted by Crippen LogP contribution is 2.49. The molecule has 1 N–H and O–H groups in total. The molecule has 0 saturated carbocycles. The molecule has 6 rings (SSSR count). The van der Waals surface area contributed by atoms with Gasteiger partial charge >= 0.3 is 0 Å². The summed E-state index contributed by atoms with van der Waals surface area (Å²) in [4.78, 5) is 32.9. The van der Waals surface area contributed by atoms with Gasteiger partial charge in [-0.25, -0.2) is 4.68 Å². The standard InChI is InChI=1S/C33H28ClN5O2S/c1-22-9-7-13-25(17-22)32-30-31(24-11-3-2-4-12-24)37-39(27-15-6-5-14-26(27)34)33(30)38(29(41)21-42-32)20-28(40)36-19-23-10-8-16-35-18-23/h2-18,32H,19-21H2,1H3,(H,36,40)/t32-/m0/s1. The molecule has 5 aromatic rings. The lowest BCUT2D eigenvalue weighted by Crippen LogP contribution is -2.42. The number of thioether (sulfide) groups is 1. The largest absolute Gasteiger partial charge is 0.350 e. The molecule has 3 aromatic carbocycles. The number of amides is 2. The number of aryl methyl sites for hydroxylation is 1. The van der Waals surface area contributed by atoms with Crippen LogP contribution in [0, 0.1) is 6.92 Å². The second-order valence-electron chi connectivity index (χ2n) is 10.0. The molecule has 7 nitrogen and oxygen atoms in total. The predicted octanol–water partition coefficient (Wildman–Crippen LogP) is 6.38. The number of carbonyl (C=O) groups excluding carboxylic acids is 2. The van der Waals surface area contributed by atoms with Crippen LogP contribution >= 0.6 is 23.4 Å². The van der Waals surface area contributed by atoms with Crippen LogP contribution in [-0.4, -0.2) is 38.9 Å². The summed E-state index contributed by atoms with van der Waals surface area (Å²) in [6.07, 6.45) is 3.39. The summed E-state index contributed by atoms with van der Waals surface area (Å²) in [6.45, 7) is 2.19. The minimum atomic E-state index is -0.287. The summed E-state index contributed by atoms with van der Waals surface area (Å²) in [5.41, 5.74) is 6.19. The van der Waals surface area contributed by atoms with Gasteiger partial charge in [0.1, 0.15) is 12.4 Å². The third kappa shape index (κ3) is 5.68. The molecule has 2 aromatic heterocycles. The first-order chi connectivity index (χ1) is 20.5. The fourth-order valence-corrected chi connectivity index (χ4v) is 6.52. The Balaban J connectivity index is 1.53. The van der Waals surface area contributed by atoms with Crippen LogP contribution in [0.25, 0.3) is 16.9 Å². The molecule has 0 bridgehead atoms. The summed E-state index contributed by atoms with van der Waals surface area (Å²) in [5, 5.41) is 8.32. The first-order valence-corrected chi connectivity index (χ1v) is 15.0. The smallest absolute Gasteiger partial charge is 0.240 e. The van der Waals surface area contributed by atoms with Crippen LogP contribution in [0.1, 0.15) is 27.5 Å². The maximum Gasteiger partial charge on any atom is 0.240 e. The molecule has 0 unspecified atom stereocenters. The van der Waals surface area contributed by atoms with E-state index in [1.54, 1.807) is 39.8 Å². The van der Waals surface area contributed by atoms with Gasteiger partial charge in [0, 0.05) is 30.1 Å². The van der Waals surface area contributed by atoms with E-state index in [1.807, 2.05) is 66.7 Å². The Morgan fingerprint density at radius 3 is 2.60 bits per heavy atom. The van der Waals surface area contributed by atoms with Gasteiger partial charge in [-0.1, -0.05) is 90.0 Å². The number of nitrogens with one attached hydrogen (secondary N) is 1. The van der Waals surface area contributed by atoms with Crippen molar-refractivity contribution < 1.29 is 9.59 Å². The van der Waals surface area contributed by atoms with E-state index in [2.05, 4.69) is 35.4 Å². The van der Waals surface area contributed by atoms with Crippen LogP contribution < -0.4 is 10.2 Å². The first kappa shape index (κ1) is 27.8. The highest BCUT2D eigenvalue weighted by Gasteiger charge is 2.38. The zero-order chi connectivity index (χ0) is 29.1. The van der Waals surface area contributed by atoms with Crippen LogP contribution in [0.15, 0.2) is 103 Å². The number of carbonyl (C=O) groups is 2. The topological polar surface area (TPSA) is 80.1 Å². The summed E-state index contributed by atoms with van der Waals surface area (Å²) in [7, 11) is 0. The van der Waals surface area contributed by atoms with Crippen molar-refractivity contribution >= 4 is 41.0 Å². The number of hydrogen-bond acceptors (Lipinski definition) is 5. The first-order valence-electron chi connectivity index (χ1n) is 13.6. The zero-order valence-corrected chi connectivity index (χ0v) is 24.5. The number of halogens is 1. The van der Waals surface area contributed by atoms with E-state index in [0.717, 1.165) is 33.5 Å². The number of fused-ring (bicyclic) bond motifs is 1. The van der Waals surface area contributed by atoms with Gasteiger partial charge in [0.05, 0.1) is 27.4 Å². The number of nitrogens with zero attached hydrogens (tertiary/aromatic N) is 4. The Morgan fingerprint density at radius 2 is 1.83 bits per heavy atom. The van der Waals surface area contributed by atoms with E-state index >= 15 is 0 Å². The fraction of sp³-hybridized carbons (Fsp3) is 0.152. The Kier molecular flexibility index (Phi) is 8.08. The van der Waals surface area contributed by atoms with Gasteiger partial charge in [0.2, 0.25) is 11.8 Å². The summed E-state index contributed by atoms with van der Waals surface area (Å²) in [5.74, 6) is 0.269. The van der Waals surface area contributed by atoms with Crippen LogP contribution in [-0.2, 0) is 16.1 Å². The predicted molar refractivity (Wildman–Crippen MR) is 168 cm³/mol. The second-order valence-corrected chi connectivity index (χ2v) is 11.5. The average Bonchev–Trinajstić information content (AvgIpc) is 3.33. The van der Waals surface area contributed by atoms with Crippen LogP contribution in [0.3, 0.4) is 0 Å². The Hall–Kier alpha value is -4.40. The highest BCUT2D eigenvalue weighted by molar-refractivity contribution is 8.00. The van der Waals surface area contributed by atoms with Gasteiger partial charge in [-0.3, -0.25) is 19.5 Å². The van der Waals surface area contributed by atoms with Gasteiger partial charge in [-0.05, 0) is 36.2 Å². The normalized spacial score (nSPS) is 14.8. The summed E-state index contributed by atoms with van der Waals surface area (Å²) in [6, 6.07) is 29.3. The Labute approximate surface area is 253 Å². The second kappa shape index (κ2) is 12.2. The van der Waals surface area contributed by atoms with Gasteiger partial charge in [0.15, 0.2) is 0 Å². The molecule has 2 amide bonds. The van der Waals surface area contributed by atoms with Gasteiger partial charge in [0.25, 0.3) is 0 Å². The molecule has 9 heteroatoms. The summed E-state index contributed by atoms with van der Waals surface area (Å²) >= 11 is 8.27. The van der Waals surface area contributed by atoms with Gasteiger partial charge in [-0.15, -0.1) is 11.8 Å². The van der Waals surface area contributed by atoms with Crippen LogP contribution in [0.4, 0.5) is 5.82 Å². The molecule has 0 spiro atoms. The third-order valence-corrected chi connectivity index (χ3v) is 8.65. The zero-order valence-electron chi connectivity index (χ0n) is 22.9. The average molecular weight is 594 g/mol. The molecule has 1 aliphatic heterocycles. The number of para-hydroxylation sites is 1. The lowest BCUT2D eigenvalue weighted by atomic mass is 9.98. The quantitative estimate of drug-likeness (QED) is 0.237. The van der Waals surface area contributed by atoms with Crippen molar-refractivity contribution in [1.29, 1.82) is 0 Å². The van der Waals surface area contributed by atoms with Crippen molar-refractivity contribution in [2.75, 3.05) is 17.2 Å². The van der Waals surface area contributed by atoms with Crippen molar-refractivity contribution in [2.24, 2.45) is 0 Å². The van der Waals surface area contributed by atoms with E-state index in [0.29, 0.717) is 23.1 Å². The van der Waals surface area contributed by atoms with E-state index in [1.165, 1.54) is 0 Å². The molecule has 0 radical (unpaired) electrons. The minimum Gasteiger partial charge on any atom is -0.350 e. The lowest BCUT2D eigenvalue weighted by Gasteiger charge is -2.23. The molecule has 0 saturated heterocycles. The van der Waals surface area contributed by atoms with Crippen molar-refractivity contribution in [3.8, 4) is 16.9 Å². The number of anilines is 1. The van der Waals surface area contributed by atoms with Gasteiger partial charge in [-0.2, -0.15) is 5.10 Å². The van der Waals surface area contributed by atoms with Crippen LogP contribution in [0.2, 0.25) is 5.02 Å². The number of hydrogen-bond donors (Lipinski definition) is 1. The molecular formula is C33H28ClN5O2S. The lowest BCUT2D eigenvalue weighted by molar-refractivity contribution is -0.123. The molecule has 1 aliphatic rings. The van der Waals surface area contributed by atoms with Crippen molar-refractivity contribution in [2.45, 2.75) is 18.7 Å². The van der Waals surface area contributed by atoms with E-state index in [-0.39, 0.29) is 29.4 Å². The molecular weight excluding hydrogens is 566 g/mol. The molecule has 210 valence electrons. The number of pyridine rings is 1. The van der Waals surface area contributed by atoms with Crippen molar-refractivity contribution in [3.05, 3.63) is 131 Å². The maximum atomic E-state index is 13.9. The molecule has 1 atom stereocenters. The van der Waals surface area contributed by atoms with Gasteiger partial charge < -0.3 is 5.32 Å². The van der Waals surface area contributed by atoms with E-state index in [9.17, 15) is 9.59 Å². The molecule has 0 aliphatic carbocycles. The maximum absolute atomic E-state index is 13.9. The highest BCUT2D eigenvalue weighted by atomic mass is 35.5. The molecule has 3 heterocycles. The fourth-order valence-electron chi connectivity index (χ4n) is 5.12. The van der Waals surface area contributed by atoms with Crippen molar-refractivity contribution in [3.63, 3.8) is 0 Å². The number of aromatic nitrogens is 3. The SMILES string of the molecule is Cc1cccc([C@@H]2SCC(=O)N(CC(=O)NCc3cccnc3)c3c2c(-c2ccccc2)nn3-c2ccccc2Cl)c1. The van der Waals surface area contributed by atoms with E-state index in [4.69, 9.17) is 16.7 Å². The minimum absolute atomic E-state index is 0.169. The monoisotopic (exact) mass is 593 g/mol. The Bertz CT molecular complexity index is 1740. The summed E-state index contributed by atoms with van der Waals surface area (Å²) < 4.78 is 1.72. The Morgan fingerprint density at radius 1 is 1.02 bits per heavy atom. The van der Waals surface area contributed by atoms with Crippen LogP contribution in [0.5, 0.6) is 0 Å². The molecule has 42 heavy (non-hydrogen) atoms. The molecule has 0 fully saturated rings. The van der Waals surface area contributed by atoms with Crippen molar-refractivity contribution in [1.82, 2.24) is 20.1 Å². The number of rotatable bonds is 7. The number of benzene rings is 3.